The van der Waals surface area contributed by atoms with Crippen molar-refractivity contribution in [3.63, 3.8) is 0 Å². The number of benzene rings is 1. The highest BCUT2D eigenvalue weighted by Crippen LogP contribution is 2.37. The molecular formula is C21H17F3N4O3. The maximum Gasteiger partial charge on any atom is 0.431 e. The Balaban J connectivity index is 1.56. The van der Waals surface area contributed by atoms with Crippen LogP contribution in [0.15, 0.2) is 41.3 Å². The van der Waals surface area contributed by atoms with E-state index in [2.05, 4.69) is 9.94 Å². The summed E-state index contributed by atoms with van der Waals surface area (Å²) in [4.78, 5) is 16.4. The van der Waals surface area contributed by atoms with Crippen molar-refractivity contribution in [3.05, 3.63) is 75.3 Å². The van der Waals surface area contributed by atoms with Gasteiger partial charge in [-0.3, -0.25) is 9.48 Å². The summed E-state index contributed by atoms with van der Waals surface area (Å²) in [5, 5.41) is 4.24. The van der Waals surface area contributed by atoms with Crippen LogP contribution in [0.25, 0.3) is 16.0 Å². The van der Waals surface area contributed by atoms with E-state index < -0.39 is 23.1 Å². The van der Waals surface area contributed by atoms with Gasteiger partial charge in [-0.1, -0.05) is 12.1 Å². The predicted molar refractivity (Wildman–Crippen MR) is 105 cm³/mol. The molecule has 0 saturated carbocycles. The fraction of sp³-hybridized carbons (Fsp3) is 0.286. The number of aryl methyl sites for hydroxylation is 1. The first-order valence-electron chi connectivity index (χ1n) is 9.31. The Bertz CT molecular complexity index is 1210. The molecule has 1 aromatic carbocycles. The minimum absolute atomic E-state index is 0.00520. The van der Waals surface area contributed by atoms with Gasteiger partial charge in [-0.2, -0.15) is 18.3 Å². The molecule has 1 unspecified atom stereocenters. The zero-order valence-electron chi connectivity index (χ0n) is 16.4. The van der Waals surface area contributed by atoms with Crippen molar-refractivity contribution in [2.75, 3.05) is 13.2 Å². The molecule has 0 saturated heterocycles. The Morgan fingerprint density at radius 2 is 2.10 bits per heavy atom. The average molecular weight is 430 g/mol. The summed E-state index contributed by atoms with van der Waals surface area (Å²) in [5.41, 5.74) is -0.698. The number of halogens is 3. The molecule has 10 heteroatoms. The molecule has 31 heavy (non-hydrogen) atoms. The molecule has 1 aliphatic heterocycles. The van der Waals surface area contributed by atoms with E-state index in [0.29, 0.717) is 25.6 Å². The van der Waals surface area contributed by atoms with Gasteiger partial charge < -0.3 is 14.5 Å². The van der Waals surface area contributed by atoms with Crippen molar-refractivity contribution in [1.82, 2.24) is 14.8 Å². The minimum atomic E-state index is -4.77. The van der Waals surface area contributed by atoms with Crippen LogP contribution in [0.3, 0.4) is 0 Å². The molecule has 0 spiro atoms. The highest BCUT2D eigenvalue weighted by Gasteiger charge is 2.35. The molecule has 1 aliphatic rings. The standard InChI is InChI=1S/C21H17F3N4O3/c1-25-17-7-15(19(21(22,23)24)27-20(17)29)12-3-5-14(6-4-12)31-10-13-9-30-11-18-16(13)8-26-28(18)2/h3-8,13H,9-11H2,2H3,(H,27,29). The number of alkyl halides is 3. The minimum Gasteiger partial charge on any atom is -0.493 e. The normalized spacial score (nSPS) is 15.9. The lowest BCUT2D eigenvalue weighted by Crippen LogP contribution is -2.22. The van der Waals surface area contributed by atoms with Crippen LogP contribution < -0.4 is 10.3 Å². The van der Waals surface area contributed by atoms with Crippen molar-refractivity contribution >= 4 is 5.69 Å². The molecule has 0 bridgehead atoms. The lowest BCUT2D eigenvalue weighted by atomic mass is 9.99. The van der Waals surface area contributed by atoms with E-state index in [1.165, 1.54) is 12.1 Å². The van der Waals surface area contributed by atoms with E-state index in [0.717, 1.165) is 17.3 Å². The van der Waals surface area contributed by atoms with Crippen LogP contribution in [0.2, 0.25) is 0 Å². The third-order valence-corrected chi connectivity index (χ3v) is 5.13. The lowest BCUT2D eigenvalue weighted by Gasteiger charge is -2.23. The second-order valence-corrected chi connectivity index (χ2v) is 7.10. The maximum absolute atomic E-state index is 13.4. The van der Waals surface area contributed by atoms with Gasteiger partial charge in [0.25, 0.3) is 11.2 Å². The van der Waals surface area contributed by atoms with Crippen LogP contribution in [-0.4, -0.2) is 28.0 Å². The molecule has 160 valence electrons. The summed E-state index contributed by atoms with van der Waals surface area (Å²) in [6, 6.07) is 6.96. The number of hydrogen-bond donors (Lipinski definition) is 1. The van der Waals surface area contributed by atoms with Crippen molar-refractivity contribution in [2.24, 2.45) is 7.05 Å². The Morgan fingerprint density at radius 1 is 1.35 bits per heavy atom. The van der Waals surface area contributed by atoms with E-state index in [4.69, 9.17) is 16.0 Å². The molecule has 3 heterocycles. The number of pyridine rings is 1. The van der Waals surface area contributed by atoms with E-state index in [1.807, 2.05) is 7.05 Å². The fourth-order valence-corrected chi connectivity index (χ4v) is 3.50. The first-order chi connectivity index (χ1) is 14.8. The highest BCUT2D eigenvalue weighted by atomic mass is 19.4. The first kappa shape index (κ1) is 20.7. The van der Waals surface area contributed by atoms with Crippen LogP contribution in [0, 0.1) is 6.57 Å². The topological polar surface area (TPSA) is 73.5 Å². The Morgan fingerprint density at radius 3 is 2.77 bits per heavy atom. The van der Waals surface area contributed by atoms with Gasteiger partial charge in [0.15, 0.2) is 0 Å². The summed E-state index contributed by atoms with van der Waals surface area (Å²) < 4.78 is 53.3. The molecule has 0 fully saturated rings. The van der Waals surface area contributed by atoms with Crippen LogP contribution in [0.5, 0.6) is 5.75 Å². The molecule has 2 aromatic heterocycles. The summed E-state index contributed by atoms with van der Waals surface area (Å²) in [6.07, 6.45) is -2.98. The van der Waals surface area contributed by atoms with Gasteiger partial charge >= 0.3 is 6.18 Å². The number of fused-ring (bicyclic) bond motifs is 1. The van der Waals surface area contributed by atoms with Crippen LogP contribution in [-0.2, 0) is 24.6 Å². The molecule has 4 rings (SSSR count). The van der Waals surface area contributed by atoms with Gasteiger partial charge in [-0.05, 0) is 23.8 Å². The summed E-state index contributed by atoms with van der Waals surface area (Å²) >= 11 is 0. The molecule has 1 atom stereocenters. The molecule has 0 aliphatic carbocycles. The monoisotopic (exact) mass is 430 g/mol. The SMILES string of the molecule is [C-]#[N+]c1cc(-c2ccc(OCC3COCc4c3cnn4C)cc2)c(C(F)(F)F)[nH]c1=O. The number of aromatic nitrogens is 3. The van der Waals surface area contributed by atoms with Crippen molar-refractivity contribution in [3.8, 4) is 16.9 Å². The average Bonchev–Trinajstić information content (AvgIpc) is 3.13. The summed E-state index contributed by atoms with van der Waals surface area (Å²) in [5.74, 6) is 0.470. The maximum atomic E-state index is 13.4. The number of nitrogens with one attached hydrogen (secondary N) is 1. The Labute approximate surface area is 174 Å². The smallest absolute Gasteiger partial charge is 0.431 e. The third-order valence-electron chi connectivity index (χ3n) is 5.13. The molecular weight excluding hydrogens is 413 g/mol. The molecule has 3 aromatic rings. The van der Waals surface area contributed by atoms with Crippen LogP contribution in [0.1, 0.15) is 22.9 Å². The first-order valence-corrected chi connectivity index (χ1v) is 9.31. The summed E-state index contributed by atoms with van der Waals surface area (Å²) in [6.45, 7) is 8.30. The molecule has 0 radical (unpaired) electrons. The van der Waals surface area contributed by atoms with Gasteiger partial charge in [0, 0.05) is 24.1 Å². The number of ether oxygens (including phenoxy) is 2. The number of hydrogen-bond acceptors (Lipinski definition) is 4. The van der Waals surface area contributed by atoms with Gasteiger partial charge in [0.1, 0.15) is 11.4 Å². The Kier molecular flexibility index (Phi) is 5.29. The summed E-state index contributed by atoms with van der Waals surface area (Å²) in [7, 11) is 1.84. The van der Waals surface area contributed by atoms with E-state index >= 15 is 0 Å². The third kappa shape index (κ3) is 4.04. The molecule has 7 nitrogen and oxygen atoms in total. The van der Waals surface area contributed by atoms with E-state index in [9.17, 15) is 18.0 Å². The van der Waals surface area contributed by atoms with E-state index in [1.54, 1.807) is 28.0 Å². The number of aromatic amines is 1. The van der Waals surface area contributed by atoms with Crippen LogP contribution in [0.4, 0.5) is 18.9 Å². The highest BCUT2D eigenvalue weighted by molar-refractivity contribution is 5.71. The van der Waals surface area contributed by atoms with Gasteiger partial charge in [0.2, 0.25) is 0 Å². The second-order valence-electron chi connectivity index (χ2n) is 7.10. The zero-order chi connectivity index (χ0) is 22.2. The second kappa shape index (κ2) is 7.92. The number of H-pyrrole nitrogens is 1. The number of nitrogens with zero attached hydrogens (tertiary/aromatic N) is 3. The van der Waals surface area contributed by atoms with Gasteiger partial charge in [0.05, 0.1) is 38.3 Å². The molecule has 1 N–H and O–H groups in total. The predicted octanol–water partition coefficient (Wildman–Crippen LogP) is 4.04. The van der Waals surface area contributed by atoms with Crippen molar-refractivity contribution < 1.29 is 22.6 Å². The van der Waals surface area contributed by atoms with Crippen molar-refractivity contribution in [2.45, 2.75) is 18.7 Å². The Hall–Kier alpha value is -3.58. The van der Waals surface area contributed by atoms with E-state index in [-0.39, 0.29) is 17.0 Å². The largest absolute Gasteiger partial charge is 0.493 e. The fourth-order valence-electron chi connectivity index (χ4n) is 3.50. The molecule has 0 amide bonds. The van der Waals surface area contributed by atoms with Gasteiger partial charge in [-0.15, -0.1) is 0 Å². The lowest BCUT2D eigenvalue weighted by molar-refractivity contribution is -0.140. The zero-order valence-corrected chi connectivity index (χ0v) is 16.4. The van der Waals surface area contributed by atoms with Crippen molar-refractivity contribution in [1.29, 1.82) is 0 Å². The quantitative estimate of drug-likeness (QED) is 0.634. The van der Waals surface area contributed by atoms with Gasteiger partial charge in [-0.25, -0.2) is 4.85 Å². The van der Waals surface area contributed by atoms with Crippen LogP contribution >= 0.6 is 0 Å². The number of rotatable bonds is 4.